The van der Waals surface area contributed by atoms with Crippen LogP contribution in [-0.2, 0) is 6.54 Å². The number of thiazole rings is 1. The molecular weight excluding hydrogens is 363 g/mol. The molecule has 3 N–H and O–H groups in total. The van der Waals surface area contributed by atoms with Gasteiger partial charge in [-0.05, 0) is 25.5 Å². The van der Waals surface area contributed by atoms with E-state index in [0.717, 1.165) is 5.01 Å². The van der Waals surface area contributed by atoms with Crippen LogP contribution in [0.15, 0.2) is 22.9 Å². The van der Waals surface area contributed by atoms with Gasteiger partial charge in [0.1, 0.15) is 10.7 Å². The Hall–Kier alpha value is -0.700. The zero-order valence-electron chi connectivity index (χ0n) is 12.3. The van der Waals surface area contributed by atoms with Crippen LogP contribution >= 0.6 is 47.5 Å². The highest BCUT2D eigenvalue weighted by Crippen LogP contribution is 2.22. The molecule has 0 saturated heterocycles. The molecule has 0 bridgehead atoms. The molecule has 0 aliphatic heterocycles. The largest absolute Gasteiger partial charge is 0.349 e. The minimum absolute atomic E-state index is 0. The number of aromatic nitrogens is 1. The molecule has 0 saturated carbocycles. The van der Waals surface area contributed by atoms with Gasteiger partial charge in [0, 0.05) is 23.3 Å². The van der Waals surface area contributed by atoms with E-state index in [1.807, 2.05) is 25.5 Å². The van der Waals surface area contributed by atoms with Gasteiger partial charge in [0.2, 0.25) is 0 Å². The average Bonchev–Trinajstić information content (AvgIpc) is 3.09. The maximum absolute atomic E-state index is 12.0. The lowest BCUT2D eigenvalue weighted by Gasteiger charge is -2.23. The zero-order valence-corrected chi connectivity index (χ0v) is 15.6. The van der Waals surface area contributed by atoms with E-state index in [9.17, 15) is 4.79 Å². The van der Waals surface area contributed by atoms with Crippen LogP contribution in [0.25, 0.3) is 0 Å². The van der Waals surface area contributed by atoms with Crippen molar-refractivity contribution >= 4 is 53.4 Å². The highest BCUT2D eigenvalue weighted by atomic mass is 35.5. The van der Waals surface area contributed by atoms with E-state index >= 15 is 0 Å². The first-order chi connectivity index (χ1) is 9.61. The van der Waals surface area contributed by atoms with Crippen LogP contribution in [0.3, 0.4) is 0 Å². The van der Waals surface area contributed by atoms with Gasteiger partial charge in [-0.2, -0.15) is 0 Å². The van der Waals surface area contributed by atoms with Gasteiger partial charge in [0.15, 0.2) is 0 Å². The lowest BCUT2D eigenvalue weighted by molar-refractivity contribution is 0.0938. The van der Waals surface area contributed by atoms with E-state index < -0.39 is 0 Å². The summed E-state index contributed by atoms with van der Waals surface area (Å²) in [5.41, 5.74) is 5.94. The topological polar surface area (TPSA) is 71.2 Å². The van der Waals surface area contributed by atoms with E-state index in [0.29, 0.717) is 18.8 Å². The number of hydrogen-bond acceptors (Lipinski definition) is 6. The third kappa shape index (κ3) is 5.49. The SMILES string of the molecule is CN(C)C(CNC(=O)c1csc(CN)n1)c1cccs1.Cl.Cl. The van der Waals surface area contributed by atoms with Crippen LogP contribution in [0.2, 0.25) is 0 Å². The van der Waals surface area contributed by atoms with Gasteiger partial charge in [-0.25, -0.2) is 4.98 Å². The third-order valence-corrected chi connectivity index (χ3v) is 4.75. The number of likely N-dealkylation sites (N-methyl/N-ethyl adjacent to an activating group) is 1. The Kier molecular flexibility index (Phi) is 9.82. The standard InChI is InChI=1S/C13H18N4OS2.2ClH/c1-17(2)10(11-4-3-5-19-11)7-15-13(18)9-8-20-12(6-14)16-9;;/h3-5,8,10H,6-7,14H2,1-2H3,(H,15,18);2*1H. The fraction of sp³-hybridized carbons (Fsp3) is 0.385. The van der Waals surface area contributed by atoms with Gasteiger partial charge in [0.05, 0.1) is 6.04 Å². The first-order valence-corrected chi connectivity index (χ1v) is 8.00. The summed E-state index contributed by atoms with van der Waals surface area (Å²) in [4.78, 5) is 19.6. The number of rotatable bonds is 6. The number of hydrogen-bond donors (Lipinski definition) is 2. The van der Waals surface area contributed by atoms with Crippen molar-refractivity contribution in [2.24, 2.45) is 5.73 Å². The number of thiophene rings is 1. The first-order valence-electron chi connectivity index (χ1n) is 6.24. The molecular formula is C13H20Cl2N4OS2. The molecule has 2 aromatic heterocycles. The Labute approximate surface area is 150 Å². The molecule has 0 spiro atoms. The molecule has 1 atom stereocenters. The Morgan fingerprint density at radius 3 is 2.64 bits per heavy atom. The molecule has 1 amide bonds. The molecule has 0 aliphatic rings. The summed E-state index contributed by atoms with van der Waals surface area (Å²) in [6.07, 6.45) is 0. The highest BCUT2D eigenvalue weighted by Gasteiger charge is 2.17. The van der Waals surface area contributed by atoms with E-state index in [1.165, 1.54) is 16.2 Å². The zero-order chi connectivity index (χ0) is 14.5. The first kappa shape index (κ1) is 21.3. The number of nitrogens with one attached hydrogen (secondary N) is 1. The van der Waals surface area contributed by atoms with Gasteiger partial charge in [0.25, 0.3) is 5.91 Å². The summed E-state index contributed by atoms with van der Waals surface area (Å²) >= 11 is 3.10. The second-order valence-electron chi connectivity index (χ2n) is 4.54. The predicted molar refractivity (Wildman–Crippen MR) is 97.6 cm³/mol. The molecule has 22 heavy (non-hydrogen) atoms. The van der Waals surface area contributed by atoms with Crippen molar-refractivity contribution in [1.82, 2.24) is 15.2 Å². The van der Waals surface area contributed by atoms with Gasteiger partial charge in [-0.1, -0.05) is 6.07 Å². The lowest BCUT2D eigenvalue weighted by atomic mass is 10.2. The second kappa shape index (κ2) is 10.1. The number of nitrogens with zero attached hydrogens (tertiary/aromatic N) is 2. The van der Waals surface area contributed by atoms with Gasteiger partial charge in [-0.15, -0.1) is 47.5 Å². The average molecular weight is 383 g/mol. The van der Waals surface area contributed by atoms with Crippen molar-refractivity contribution in [3.05, 3.63) is 38.5 Å². The van der Waals surface area contributed by atoms with Crippen LogP contribution < -0.4 is 11.1 Å². The molecule has 1 unspecified atom stereocenters. The lowest BCUT2D eigenvalue weighted by Crippen LogP contribution is -2.34. The van der Waals surface area contributed by atoms with Crippen LogP contribution in [0, 0.1) is 0 Å². The van der Waals surface area contributed by atoms with Crippen molar-refractivity contribution in [2.75, 3.05) is 20.6 Å². The molecule has 2 heterocycles. The van der Waals surface area contributed by atoms with Crippen molar-refractivity contribution < 1.29 is 4.79 Å². The van der Waals surface area contributed by atoms with Crippen molar-refractivity contribution in [2.45, 2.75) is 12.6 Å². The predicted octanol–water partition coefficient (Wildman–Crippen LogP) is 2.54. The highest BCUT2D eigenvalue weighted by molar-refractivity contribution is 7.10. The third-order valence-electron chi connectivity index (χ3n) is 2.91. The van der Waals surface area contributed by atoms with Crippen LogP contribution in [0.1, 0.15) is 26.4 Å². The van der Waals surface area contributed by atoms with Crippen LogP contribution in [0.5, 0.6) is 0 Å². The van der Waals surface area contributed by atoms with E-state index in [-0.39, 0.29) is 36.8 Å². The number of amides is 1. The minimum Gasteiger partial charge on any atom is -0.349 e. The summed E-state index contributed by atoms with van der Waals surface area (Å²) in [6, 6.07) is 4.27. The number of carbonyl (C=O) groups is 1. The molecule has 2 aromatic rings. The van der Waals surface area contributed by atoms with Crippen molar-refractivity contribution in [1.29, 1.82) is 0 Å². The molecule has 0 fully saturated rings. The summed E-state index contributed by atoms with van der Waals surface area (Å²) in [5, 5.41) is 7.50. The Balaban J connectivity index is 0.00000220. The smallest absolute Gasteiger partial charge is 0.270 e. The van der Waals surface area contributed by atoms with E-state index in [2.05, 4.69) is 21.3 Å². The normalized spacial score (nSPS) is 11.5. The molecule has 0 aliphatic carbocycles. The van der Waals surface area contributed by atoms with Gasteiger partial charge in [-0.3, -0.25) is 4.79 Å². The molecule has 5 nitrogen and oxygen atoms in total. The van der Waals surface area contributed by atoms with E-state index in [4.69, 9.17) is 5.73 Å². The van der Waals surface area contributed by atoms with E-state index in [1.54, 1.807) is 16.7 Å². The second-order valence-corrected chi connectivity index (χ2v) is 6.46. The number of nitrogens with two attached hydrogens (primary N) is 1. The maximum Gasteiger partial charge on any atom is 0.270 e. The molecule has 2 rings (SSSR count). The molecule has 124 valence electrons. The Morgan fingerprint density at radius 2 is 2.14 bits per heavy atom. The minimum atomic E-state index is -0.149. The van der Waals surface area contributed by atoms with Crippen LogP contribution in [-0.4, -0.2) is 36.4 Å². The molecule has 9 heteroatoms. The molecule has 0 radical (unpaired) electrons. The summed E-state index contributed by atoms with van der Waals surface area (Å²) in [7, 11) is 4.01. The summed E-state index contributed by atoms with van der Waals surface area (Å²) in [5.74, 6) is -0.149. The molecule has 0 aromatic carbocycles. The van der Waals surface area contributed by atoms with Gasteiger partial charge >= 0.3 is 0 Å². The fourth-order valence-electron chi connectivity index (χ4n) is 1.81. The Bertz CT molecular complexity index is 560. The fourth-order valence-corrected chi connectivity index (χ4v) is 3.38. The van der Waals surface area contributed by atoms with Gasteiger partial charge < -0.3 is 16.0 Å². The maximum atomic E-state index is 12.0. The Morgan fingerprint density at radius 1 is 1.41 bits per heavy atom. The number of carbonyl (C=O) groups excluding carboxylic acids is 1. The van der Waals surface area contributed by atoms with Crippen LogP contribution in [0.4, 0.5) is 0 Å². The summed E-state index contributed by atoms with van der Waals surface area (Å²) < 4.78 is 0. The quantitative estimate of drug-likeness (QED) is 0.804. The van der Waals surface area contributed by atoms with Crippen molar-refractivity contribution in [3.63, 3.8) is 0 Å². The van der Waals surface area contributed by atoms with Crippen molar-refractivity contribution in [3.8, 4) is 0 Å². The number of halogens is 2. The monoisotopic (exact) mass is 382 g/mol. The summed E-state index contributed by atoms with van der Waals surface area (Å²) in [6.45, 7) is 0.926.